The normalized spacial score (nSPS) is 18.4. The number of allylic oxidation sites excluding steroid dienone is 2. The lowest BCUT2D eigenvalue weighted by atomic mass is 9.95. The summed E-state index contributed by atoms with van der Waals surface area (Å²) in [6.07, 6.45) is 9.82. The maximum Gasteiger partial charge on any atom is 0.261 e. The molecule has 3 aliphatic rings. The molecule has 1 amide bonds. The summed E-state index contributed by atoms with van der Waals surface area (Å²) < 4.78 is 32.7. The Hall–Kier alpha value is -3.84. The zero-order valence-electron chi connectivity index (χ0n) is 25.9. The molecule has 0 bridgehead atoms. The molecular weight excluding hydrogens is 584 g/mol. The molecule has 0 aromatic carbocycles. The molecular formula is C32H43F2N7O2S. The Morgan fingerprint density at radius 3 is 2.64 bits per heavy atom. The minimum absolute atomic E-state index is 0.184. The third-order valence-electron chi connectivity index (χ3n) is 6.24. The third kappa shape index (κ3) is 11.0. The number of hydrogen-bond acceptors (Lipinski definition) is 9. The van der Waals surface area contributed by atoms with Crippen molar-refractivity contribution in [3.8, 4) is 23.7 Å². The highest BCUT2D eigenvalue weighted by Gasteiger charge is 2.40. The molecule has 7 N–H and O–H groups in total. The number of thioether (sulfide) groups is 1. The molecule has 9 nitrogen and oxygen atoms in total. The van der Waals surface area contributed by atoms with Crippen LogP contribution in [0.25, 0.3) is 5.57 Å². The van der Waals surface area contributed by atoms with E-state index in [4.69, 9.17) is 16.3 Å². The fraction of sp³-hybridized carbons (Fsp3) is 0.469. The fourth-order valence-electron chi connectivity index (χ4n) is 3.68. The molecule has 2 heterocycles. The second-order valence-corrected chi connectivity index (χ2v) is 10.4. The van der Waals surface area contributed by atoms with Gasteiger partial charge in [-0.3, -0.25) is 15.6 Å². The largest absolute Gasteiger partial charge is 0.495 e. The quantitative estimate of drug-likeness (QED) is 0.0851. The van der Waals surface area contributed by atoms with E-state index in [1.165, 1.54) is 43.5 Å². The number of alkyl halides is 2. The van der Waals surface area contributed by atoms with Gasteiger partial charge in [0.15, 0.2) is 0 Å². The molecule has 0 saturated heterocycles. The van der Waals surface area contributed by atoms with Gasteiger partial charge in [0.25, 0.3) is 12.3 Å². The van der Waals surface area contributed by atoms with Crippen LogP contribution in [0.15, 0.2) is 47.6 Å². The summed E-state index contributed by atoms with van der Waals surface area (Å²) in [7, 11) is 1.43. The zero-order chi connectivity index (χ0) is 32.5. The number of aromatic nitrogens is 1. The van der Waals surface area contributed by atoms with E-state index >= 15 is 0 Å². The van der Waals surface area contributed by atoms with E-state index in [1.54, 1.807) is 18.4 Å². The van der Waals surface area contributed by atoms with Gasteiger partial charge in [-0.25, -0.2) is 19.2 Å². The predicted molar refractivity (Wildman–Crippen MR) is 175 cm³/mol. The number of hydrazine groups is 1. The fourth-order valence-corrected chi connectivity index (χ4v) is 4.31. The van der Waals surface area contributed by atoms with Crippen molar-refractivity contribution in [3.63, 3.8) is 0 Å². The van der Waals surface area contributed by atoms with Crippen molar-refractivity contribution >= 4 is 29.5 Å². The van der Waals surface area contributed by atoms with E-state index in [0.717, 1.165) is 25.7 Å². The second-order valence-electron chi connectivity index (χ2n) is 9.31. The Morgan fingerprint density at radius 1 is 1.32 bits per heavy atom. The topological polar surface area (TPSA) is 140 Å². The first-order chi connectivity index (χ1) is 21.4. The van der Waals surface area contributed by atoms with Crippen molar-refractivity contribution in [1.82, 2.24) is 21.0 Å². The highest BCUT2D eigenvalue weighted by atomic mass is 32.2. The maximum absolute atomic E-state index is 13.6. The summed E-state index contributed by atoms with van der Waals surface area (Å²) in [5, 5.41) is 5.09. The third-order valence-corrected chi connectivity index (χ3v) is 7.14. The number of pyridine rings is 1. The molecule has 2 atom stereocenters. The highest BCUT2D eigenvalue weighted by molar-refractivity contribution is 8.00. The number of nitrogens with zero attached hydrogens (tertiary/aromatic N) is 2. The number of carbonyl (C=O) groups excluding carboxylic acids is 1. The van der Waals surface area contributed by atoms with Crippen molar-refractivity contribution in [2.24, 2.45) is 22.5 Å². The second kappa shape index (κ2) is 18.7. The molecule has 2 unspecified atom stereocenters. The number of hydrogen-bond donors (Lipinski definition) is 5. The van der Waals surface area contributed by atoms with Gasteiger partial charge < -0.3 is 21.1 Å². The van der Waals surface area contributed by atoms with Crippen LogP contribution < -0.4 is 27.6 Å². The van der Waals surface area contributed by atoms with E-state index in [2.05, 4.69) is 49.7 Å². The van der Waals surface area contributed by atoms with Gasteiger partial charge in [-0.1, -0.05) is 45.5 Å². The number of rotatable bonds is 10. The lowest BCUT2D eigenvalue weighted by Gasteiger charge is -2.23. The number of nitrogens with one attached hydrogen (secondary N) is 3. The average molecular weight is 628 g/mol. The minimum Gasteiger partial charge on any atom is -0.495 e. The van der Waals surface area contributed by atoms with Crippen LogP contribution in [0, 0.1) is 29.6 Å². The monoisotopic (exact) mass is 627 g/mol. The first kappa shape index (κ1) is 36.4. The van der Waals surface area contributed by atoms with Crippen LogP contribution in [-0.2, 0) is 4.74 Å². The molecule has 2 aliphatic carbocycles. The van der Waals surface area contributed by atoms with Crippen molar-refractivity contribution in [2.75, 3.05) is 13.0 Å². The van der Waals surface area contributed by atoms with Crippen LogP contribution in [0.1, 0.15) is 75.0 Å². The first-order valence-electron chi connectivity index (χ1n) is 14.7. The molecule has 1 aromatic heterocycles. The number of aliphatic imine (C=N–C) groups is 1. The van der Waals surface area contributed by atoms with Crippen LogP contribution in [0.2, 0.25) is 0 Å². The van der Waals surface area contributed by atoms with E-state index in [0.29, 0.717) is 28.5 Å². The van der Waals surface area contributed by atoms with E-state index in [9.17, 15) is 13.6 Å². The SMILES string of the molecule is CC.CC.COC1=CNC(C(F)F)C=C1c1cc(C#CC2(N=C/C=C\N)CC2)ncc1C(=O)NCSC(C#CC1CC1)NN. The molecule has 0 radical (unpaired) electrons. The minimum atomic E-state index is -2.67. The number of halogens is 2. The summed E-state index contributed by atoms with van der Waals surface area (Å²) in [5.74, 6) is 18.4. The van der Waals surface area contributed by atoms with E-state index in [1.807, 2.05) is 27.7 Å². The first-order valence-corrected chi connectivity index (χ1v) is 15.8. The number of methoxy groups -OCH3 is 1. The Bertz CT molecular complexity index is 1350. The predicted octanol–water partition coefficient (Wildman–Crippen LogP) is 4.29. The molecule has 238 valence electrons. The van der Waals surface area contributed by atoms with Crippen LogP contribution in [0.5, 0.6) is 0 Å². The molecule has 44 heavy (non-hydrogen) atoms. The summed E-state index contributed by atoms with van der Waals surface area (Å²) in [6, 6.07) is 0.344. The summed E-state index contributed by atoms with van der Waals surface area (Å²) in [5.41, 5.74) is 8.73. The number of carbonyl (C=O) groups is 1. The molecule has 1 aromatic rings. The smallest absolute Gasteiger partial charge is 0.261 e. The van der Waals surface area contributed by atoms with Gasteiger partial charge in [0.1, 0.15) is 28.4 Å². The molecule has 4 rings (SSSR count). The Balaban J connectivity index is 0.00000162. The van der Waals surface area contributed by atoms with Crippen LogP contribution in [0.3, 0.4) is 0 Å². The standard InChI is InChI=1S/C28H31F2N7O2S.2C2H6/c1-39-24-16-34-23(26(29)30)14-21(24)20-13-19(7-8-28(9-10-28)36-12-2-11-31)33-15-22(20)27(38)35-17-40-25(37-32)6-5-18-3-4-18;2*1-2/h2,11-16,18,23,25-26,34,37H,3-4,9-10,17,31-32H2,1H3,(H,35,38);2*1-2H3/b11-2-,36-12?;;. The number of nitrogens with two attached hydrogens (primary N) is 2. The van der Waals surface area contributed by atoms with Crippen molar-refractivity contribution in [2.45, 2.75) is 76.8 Å². The van der Waals surface area contributed by atoms with Gasteiger partial charge in [0.05, 0.1) is 18.6 Å². The maximum atomic E-state index is 13.6. The number of ether oxygens (including phenoxy) is 1. The van der Waals surface area contributed by atoms with Gasteiger partial charge in [0, 0.05) is 35.7 Å². The van der Waals surface area contributed by atoms with Gasteiger partial charge in [-0.15, -0.1) is 11.8 Å². The summed E-state index contributed by atoms with van der Waals surface area (Å²) in [4.78, 5) is 22.1. The van der Waals surface area contributed by atoms with Crippen molar-refractivity contribution in [3.05, 3.63) is 59.4 Å². The Labute approximate surface area is 263 Å². The van der Waals surface area contributed by atoms with Gasteiger partial charge in [-0.2, -0.15) is 0 Å². The van der Waals surface area contributed by atoms with Gasteiger partial charge >= 0.3 is 0 Å². The zero-order valence-corrected chi connectivity index (χ0v) is 26.7. The van der Waals surface area contributed by atoms with Crippen molar-refractivity contribution in [1.29, 1.82) is 0 Å². The van der Waals surface area contributed by atoms with E-state index < -0.39 is 23.9 Å². The van der Waals surface area contributed by atoms with Crippen molar-refractivity contribution < 1.29 is 18.3 Å². The highest BCUT2D eigenvalue weighted by Crippen LogP contribution is 2.39. The van der Waals surface area contributed by atoms with Crippen LogP contribution in [-0.4, -0.2) is 53.5 Å². The molecule has 1 aliphatic heterocycles. The molecule has 2 saturated carbocycles. The summed E-state index contributed by atoms with van der Waals surface area (Å²) >= 11 is 1.32. The Kier molecular flexibility index (Phi) is 15.5. The summed E-state index contributed by atoms with van der Waals surface area (Å²) in [6.45, 7) is 8.00. The van der Waals surface area contributed by atoms with E-state index in [-0.39, 0.29) is 16.8 Å². The Morgan fingerprint density at radius 2 is 2.05 bits per heavy atom. The van der Waals surface area contributed by atoms with Gasteiger partial charge in [-0.05, 0) is 56.0 Å². The molecule has 2 fully saturated rings. The number of dihydropyridines is 1. The lowest BCUT2D eigenvalue weighted by Crippen LogP contribution is -2.34. The number of amides is 1. The van der Waals surface area contributed by atoms with Gasteiger partial charge in [0.2, 0.25) is 0 Å². The van der Waals surface area contributed by atoms with Crippen LogP contribution >= 0.6 is 11.8 Å². The van der Waals surface area contributed by atoms with Crippen LogP contribution in [0.4, 0.5) is 8.78 Å². The molecule has 12 heteroatoms. The molecule has 0 spiro atoms. The lowest BCUT2D eigenvalue weighted by molar-refractivity contribution is 0.0960. The average Bonchev–Trinajstić information content (AvgIpc) is 4.00.